The van der Waals surface area contributed by atoms with Crippen LogP contribution < -0.4 is 10.1 Å². The average Bonchev–Trinajstić information content (AvgIpc) is 3.06. The molecule has 0 amide bonds. The van der Waals surface area contributed by atoms with E-state index in [4.69, 9.17) is 4.74 Å². The third-order valence-electron chi connectivity index (χ3n) is 4.90. The van der Waals surface area contributed by atoms with Crippen LogP contribution in [-0.4, -0.2) is 24.2 Å². The molecule has 1 aromatic carbocycles. The largest absolute Gasteiger partial charge is 0.497 e. The SMILES string of the molecule is COc1ccc(CNC2C3CCC(C3)C2C(=O)O)cc1. The van der Waals surface area contributed by atoms with Crippen LogP contribution >= 0.6 is 0 Å². The number of fused-ring (bicyclic) bond motifs is 2. The molecule has 0 aromatic heterocycles. The summed E-state index contributed by atoms with van der Waals surface area (Å²) in [6.07, 6.45) is 3.34. The molecule has 108 valence electrons. The fraction of sp³-hybridized carbons (Fsp3) is 0.562. The van der Waals surface area contributed by atoms with Gasteiger partial charge in [0.15, 0.2) is 0 Å². The van der Waals surface area contributed by atoms with Gasteiger partial charge in [0.2, 0.25) is 0 Å². The van der Waals surface area contributed by atoms with E-state index in [1.165, 1.54) is 6.42 Å². The molecule has 4 unspecified atom stereocenters. The zero-order chi connectivity index (χ0) is 14.1. The summed E-state index contributed by atoms with van der Waals surface area (Å²) in [5.74, 6) is 0.929. The Labute approximate surface area is 119 Å². The molecule has 0 aliphatic heterocycles. The number of carbonyl (C=O) groups is 1. The van der Waals surface area contributed by atoms with E-state index in [9.17, 15) is 9.90 Å². The lowest BCUT2D eigenvalue weighted by Crippen LogP contribution is -2.43. The summed E-state index contributed by atoms with van der Waals surface area (Å²) >= 11 is 0. The molecular weight excluding hydrogens is 254 g/mol. The number of aliphatic carboxylic acids is 1. The van der Waals surface area contributed by atoms with Crippen LogP contribution in [0.3, 0.4) is 0 Å². The van der Waals surface area contributed by atoms with Crippen LogP contribution in [0.15, 0.2) is 24.3 Å². The molecule has 0 radical (unpaired) electrons. The van der Waals surface area contributed by atoms with Crippen molar-refractivity contribution in [2.45, 2.75) is 31.8 Å². The van der Waals surface area contributed by atoms with Crippen LogP contribution in [0.25, 0.3) is 0 Å². The Kier molecular flexibility index (Phi) is 3.66. The molecule has 2 N–H and O–H groups in total. The van der Waals surface area contributed by atoms with Crippen molar-refractivity contribution in [1.82, 2.24) is 5.32 Å². The van der Waals surface area contributed by atoms with Gasteiger partial charge < -0.3 is 15.2 Å². The Hall–Kier alpha value is -1.55. The second-order valence-corrected chi connectivity index (χ2v) is 5.95. The predicted octanol–water partition coefficient (Wildman–Crippen LogP) is 2.28. The van der Waals surface area contributed by atoms with E-state index >= 15 is 0 Å². The molecule has 2 aliphatic rings. The van der Waals surface area contributed by atoms with Gasteiger partial charge in [0, 0.05) is 12.6 Å². The minimum atomic E-state index is -0.635. The topological polar surface area (TPSA) is 58.6 Å². The quantitative estimate of drug-likeness (QED) is 0.865. The molecule has 2 saturated carbocycles. The van der Waals surface area contributed by atoms with E-state index in [1.54, 1.807) is 7.11 Å². The maximum atomic E-state index is 11.4. The van der Waals surface area contributed by atoms with E-state index in [0.29, 0.717) is 11.8 Å². The lowest BCUT2D eigenvalue weighted by atomic mass is 9.84. The number of rotatable bonds is 5. The van der Waals surface area contributed by atoms with Gasteiger partial charge in [-0.1, -0.05) is 12.1 Å². The molecule has 1 aromatic rings. The van der Waals surface area contributed by atoms with Crippen molar-refractivity contribution in [3.05, 3.63) is 29.8 Å². The summed E-state index contributed by atoms with van der Waals surface area (Å²) in [5.41, 5.74) is 1.16. The summed E-state index contributed by atoms with van der Waals surface area (Å²) in [6, 6.07) is 8.05. The number of hydrogen-bond acceptors (Lipinski definition) is 3. The summed E-state index contributed by atoms with van der Waals surface area (Å²) in [7, 11) is 1.65. The van der Waals surface area contributed by atoms with Gasteiger partial charge in [-0.15, -0.1) is 0 Å². The summed E-state index contributed by atoms with van der Waals surface area (Å²) in [5, 5.41) is 12.9. The molecule has 2 aliphatic carbocycles. The normalized spacial score (nSPS) is 31.4. The highest BCUT2D eigenvalue weighted by Crippen LogP contribution is 2.48. The Balaban J connectivity index is 1.63. The maximum Gasteiger partial charge on any atom is 0.308 e. The first-order valence-electron chi connectivity index (χ1n) is 7.28. The van der Waals surface area contributed by atoms with E-state index in [1.807, 2.05) is 24.3 Å². The lowest BCUT2D eigenvalue weighted by Gasteiger charge is -2.29. The van der Waals surface area contributed by atoms with Gasteiger partial charge in [0.25, 0.3) is 0 Å². The zero-order valence-electron chi connectivity index (χ0n) is 11.7. The molecule has 4 heteroatoms. The number of nitrogens with one attached hydrogen (secondary N) is 1. The molecule has 20 heavy (non-hydrogen) atoms. The maximum absolute atomic E-state index is 11.4. The molecule has 3 rings (SSSR count). The number of hydrogen-bond donors (Lipinski definition) is 2. The number of benzene rings is 1. The van der Waals surface area contributed by atoms with Crippen molar-refractivity contribution in [2.75, 3.05) is 7.11 Å². The molecule has 2 bridgehead atoms. The summed E-state index contributed by atoms with van der Waals surface area (Å²) in [4.78, 5) is 11.4. The summed E-state index contributed by atoms with van der Waals surface area (Å²) < 4.78 is 5.14. The van der Waals surface area contributed by atoms with Crippen LogP contribution in [-0.2, 0) is 11.3 Å². The molecule has 4 nitrogen and oxygen atoms in total. The zero-order valence-corrected chi connectivity index (χ0v) is 11.7. The molecule has 0 heterocycles. The van der Waals surface area contributed by atoms with E-state index in [0.717, 1.165) is 30.7 Å². The standard InChI is InChI=1S/C16H21NO3/c1-20-13-6-2-10(3-7-13)9-17-15-12-5-4-11(8-12)14(15)16(18)19/h2-3,6-7,11-12,14-15,17H,4-5,8-9H2,1H3,(H,18,19). The molecule has 0 spiro atoms. The lowest BCUT2D eigenvalue weighted by molar-refractivity contribution is -0.144. The first-order chi connectivity index (χ1) is 9.69. The minimum absolute atomic E-state index is 0.133. The first-order valence-corrected chi connectivity index (χ1v) is 7.28. The van der Waals surface area contributed by atoms with Crippen LogP contribution in [0.2, 0.25) is 0 Å². The Morgan fingerprint density at radius 2 is 2.00 bits per heavy atom. The fourth-order valence-electron chi connectivity index (χ4n) is 3.92. The molecule has 4 atom stereocenters. The highest BCUT2D eigenvalue weighted by atomic mass is 16.5. The number of carboxylic acids is 1. The number of methoxy groups -OCH3 is 1. The van der Waals surface area contributed by atoms with Crippen LogP contribution in [0.5, 0.6) is 5.75 Å². The first kappa shape index (κ1) is 13.4. The second-order valence-electron chi connectivity index (χ2n) is 5.95. The average molecular weight is 275 g/mol. The summed E-state index contributed by atoms with van der Waals surface area (Å²) in [6.45, 7) is 0.724. The number of ether oxygens (including phenoxy) is 1. The van der Waals surface area contributed by atoms with Crippen LogP contribution in [0, 0.1) is 17.8 Å². The van der Waals surface area contributed by atoms with Crippen molar-refractivity contribution < 1.29 is 14.6 Å². The Morgan fingerprint density at radius 1 is 1.30 bits per heavy atom. The van der Waals surface area contributed by atoms with Crippen molar-refractivity contribution in [2.24, 2.45) is 17.8 Å². The van der Waals surface area contributed by atoms with Gasteiger partial charge in [0.1, 0.15) is 5.75 Å². The van der Waals surface area contributed by atoms with Gasteiger partial charge in [0.05, 0.1) is 13.0 Å². The fourth-order valence-corrected chi connectivity index (χ4v) is 3.92. The number of carboxylic acid groups (broad SMARTS) is 1. The highest BCUT2D eigenvalue weighted by molar-refractivity contribution is 5.72. The van der Waals surface area contributed by atoms with Gasteiger partial charge in [-0.3, -0.25) is 4.79 Å². The van der Waals surface area contributed by atoms with Crippen molar-refractivity contribution in [3.63, 3.8) is 0 Å². The Morgan fingerprint density at radius 3 is 2.65 bits per heavy atom. The monoisotopic (exact) mass is 275 g/mol. The Bertz CT molecular complexity index is 485. The van der Waals surface area contributed by atoms with E-state index in [2.05, 4.69) is 5.32 Å². The molecular formula is C16H21NO3. The van der Waals surface area contributed by atoms with Crippen molar-refractivity contribution >= 4 is 5.97 Å². The smallest absolute Gasteiger partial charge is 0.308 e. The van der Waals surface area contributed by atoms with Gasteiger partial charge in [-0.2, -0.15) is 0 Å². The third-order valence-corrected chi connectivity index (χ3v) is 4.90. The van der Waals surface area contributed by atoms with Gasteiger partial charge >= 0.3 is 5.97 Å². The van der Waals surface area contributed by atoms with Crippen LogP contribution in [0.1, 0.15) is 24.8 Å². The van der Waals surface area contributed by atoms with E-state index in [-0.39, 0.29) is 12.0 Å². The second kappa shape index (κ2) is 5.44. The van der Waals surface area contributed by atoms with Gasteiger partial charge in [-0.25, -0.2) is 0 Å². The van der Waals surface area contributed by atoms with Crippen molar-refractivity contribution in [3.8, 4) is 5.75 Å². The predicted molar refractivity (Wildman–Crippen MR) is 75.6 cm³/mol. The third kappa shape index (κ3) is 2.40. The highest BCUT2D eigenvalue weighted by Gasteiger charge is 2.50. The molecule has 2 fully saturated rings. The minimum Gasteiger partial charge on any atom is -0.497 e. The molecule has 0 saturated heterocycles. The van der Waals surface area contributed by atoms with Crippen molar-refractivity contribution in [1.29, 1.82) is 0 Å². The van der Waals surface area contributed by atoms with E-state index < -0.39 is 5.97 Å². The van der Waals surface area contributed by atoms with Gasteiger partial charge in [-0.05, 0) is 48.8 Å². The van der Waals surface area contributed by atoms with Crippen LogP contribution in [0.4, 0.5) is 0 Å².